The van der Waals surface area contributed by atoms with Crippen LogP contribution < -0.4 is 4.74 Å². The third-order valence-electron chi connectivity index (χ3n) is 7.87. The fraction of sp³-hybridized carbons (Fsp3) is 0.741. The van der Waals surface area contributed by atoms with Gasteiger partial charge in [-0.3, -0.25) is 0 Å². The van der Waals surface area contributed by atoms with Crippen molar-refractivity contribution in [3.8, 4) is 5.75 Å². The SMILES string of the molecule is Cc1cc(C(=O)OC2CCC(C3CCC(OCC4CO4)CC3)CC2)c(C)cc1OCC1CO1. The molecule has 33 heavy (non-hydrogen) atoms. The predicted molar refractivity (Wildman–Crippen MR) is 124 cm³/mol. The Kier molecular flexibility index (Phi) is 7.24. The van der Waals surface area contributed by atoms with E-state index in [1.165, 1.54) is 25.7 Å². The summed E-state index contributed by atoms with van der Waals surface area (Å²) in [5.74, 6) is 2.19. The Morgan fingerprint density at radius 1 is 0.818 bits per heavy atom. The maximum atomic E-state index is 12.9. The standard InChI is InChI=1S/C27H38O6/c1-17-12-26(32-16-24-15-31-24)18(2)11-25(17)27(28)33-22-9-5-20(6-10-22)19-3-7-21(8-4-19)29-13-23-14-30-23/h11-12,19-24H,3-10,13-16H2,1-2H3. The zero-order valence-corrected chi connectivity index (χ0v) is 20.1. The average molecular weight is 459 g/mol. The van der Waals surface area contributed by atoms with E-state index >= 15 is 0 Å². The zero-order valence-electron chi connectivity index (χ0n) is 20.1. The molecule has 1 aromatic rings. The van der Waals surface area contributed by atoms with Gasteiger partial charge in [-0.15, -0.1) is 0 Å². The molecule has 0 spiro atoms. The van der Waals surface area contributed by atoms with Crippen LogP contribution in [0.2, 0.25) is 0 Å². The highest BCUT2D eigenvalue weighted by atomic mass is 16.6. The molecule has 2 heterocycles. The number of hydrogen-bond donors (Lipinski definition) is 0. The van der Waals surface area contributed by atoms with Crippen molar-refractivity contribution < 1.29 is 28.5 Å². The van der Waals surface area contributed by atoms with Gasteiger partial charge in [0.2, 0.25) is 0 Å². The molecule has 6 nitrogen and oxygen atoms in total. The third-order valence-corrected chi connectivity index (χ3v) is 7.87. The first kappa shape index (κ1) is 23.1. The lowest BCUT2D eigenvalue weighted by Gasteiger charge is -2.37. The number of hydrogen-bond acceptors (Lipinski definition) is 6. The van der Waals surface area contributed by atoms with Crippen molar-refractivity contribution in [3.05, 3.63) is 28.8 Å². The van der Waals surface area contributed by atoms with Crippen LogP contribution in [0, 0.1) is 25.7 Å². The molecule has 0 bridgehead atoms. The van der Waals surface area contributed by atoms with Gasteiger partial charge in [-0.2, -0.15) is 0 Å². The van der Waals surface area contributed by atoms with Gasteiger partial charge in [-0.05, 0) is 100 Å². The van der Waals surface area contributed by atoms with Crippen molar-refractivity contribution in [2.75, 3.05) is 26.4 Å². The van der Waals surface area contributed by atoms with Crippen molar-refractivity contribution in [2.45, 2.75) is 89.6 Å². The molecular weight excluding hydrogens is 420 g/mol. The minimum atomic E-state index is -0.201. The van der Waals surface area contributed by atoms with Crippen molar-refractivity contribution >= 4 is 5.97 Å². The minimum absolute atomic E-state index is 0.0367. The Morgan fingerprint density at radius 3 is 2.00 bits per heavy atom. The Morgan fingerprint density at radius 2 is 1.39 bits per heavy atom. The molecule has 2 saturated carbocycles. The number of ether oxygens (including phenoxy) is 5. The van der Waals surface area contributed by atoms with Gasteiger partial charge in [0.05, 0.1) is 31.5 Å². The molecule has 2 aliphatic heterocycles. The molecular formula is C27H38O6. The van der Waals surface area contributed by atoms with Crippen molar-refractivity contribution in [2.24, 2.45) is 11.8 Å². The highest BCUT2D eigenvalue weighted by molar-refractivity contribution is 5.91. The van der Waals surface area contributed by atoms with E-state index in [9.17, 15) is 4.79 Å². The summed E-state index contributed by atoms with van der Waals surface area (Å²) in [7, 11) is 0. The second kappa shape index (κ2) is 10.3. The van der Waals surface area contributed by atoms with Crippen molar-refractivity contribution in [1.29, 1.82) is 0 Å². The van der Waals surface area contributed by atoms with Gasteiger partial charge in [0.25, 0.3) is 0 Å². The van der Waals surface area contributed by atoms with E-state index in [-0.39, 0.29) is 18.2 Å². The van der Waals surface area contributed by atoms with Crippen LogP contribution in [0.1, 0.15) is 72.9 Å². The average Bonchev–Trinajstić information content (AvgIpc) is 3.74. The summed E-state index contributed by atoms with van der Waals surface area (Å²) >= 11 is 0. The summed E-state index contributed by atoms with van der Waals surface area (Å²) in [4.78, 5) is 12.9. The Balaban J connectivity index is 1.06. The monoisotopic (exact) mass is 458 g/mol. The maximum Gasteiger partial charge on any atom is 0.338 e. The van der Waals surface area contributed by atoms with Gasteiger partial charge in [-0.1, -0.05) is 0 Å². The van der Waals surface area contributed by atoms with Crippen molar-refractivity contribution in [3.63, 3.8) is 0 Å². The van der Waals surface area contributed by atoms with Crippen LogP contribution in [-0.2, 0) is 18.9 Å². The summed E-state index contributed by atoms with van der Waals surface area (Å²) in [6.07, 6.45) is 10.2. The van der Waals surface area contributed by atoms with E-state index in [0.29, 0.717) is 24.4 Å². The predicted octanol–water partition coefficient (Wildman–Crippen LogP) is 4.77. The molecule has 0 N–H and O–H groups in total. The second-order valence-corrected chi connectivity index (χ2v) is 10.5. The first-order chi connectivity index (χ1) is 16.0. The number of carbonyl (C=O) groups is 1. The molecule has 2 aliphatic carbocycles. The maximum absolute atomic E-state index is 12.9. The first-order valence-corrected chi connectivity index (χ1v) is 12.8. The van der Waals surface area contributed by atoms with E-state index < -0.39 is 0 Å². The molecule has 1 aromatic carbocycles. The lowest BCUT2D eigenvalue weighted by Crippen LogP contribution is -2.31. The molecule has 182 valence electrons. The number of rotatable bonds is 9. The zero-order chi connectivity index (χ0) is 22.8. The van der Waals surface area contributed by atoms with Crippen LogP contribution in [0.4, 0.5) is 0 Å². The first-order valence-electron chi connectivity index (χ1n) is 12.8. The van der Waals surface area contributed by atoms with E-state index in [2.05, 4.69) is 0 Å². The quantitative estimate of drug-likeness (QED) is 0.392. The third kappa shape index (κ3) is 6.28. The summed E-state index contributed by atoms with van der Waals surface area (Å²) in [5.41, 5.74) is 2.51. The van der Waals surface area contributed by atoms with E-state index in [0.717, 1.165) is 74.2 Å². The number of epoxide rings is 2. The van der Waals surface area contributed by atoms with Gasteiger partial charge in [0.1, 0.15) is 30.7 Å². The second-order valence-electron chi connectivity index (χ2n) is 10.5. The van der Waals surface area contributed by atoms with Crippen LogP contribution in [0.5, 0.6) is 5.75 Å². The molecule has 6 heteroatoms. The molecule has 0 radical (unpaired) electrons. The van der Waals surface area contributed by atoms with Crippen molar-refractivity contribution in [1.82, 2.24) is 0 Å². The van der Waals surface area contributed by atoms with Gasteiger partial charge >= 0.3 is 5.97 Å². The molecule has 5 rings (SSSR count). The normalized spacial score (nSPS) is 33.4. The summed E-state index contributed by atoms with van der Waals surface area (Å²) in [5, 5.41) is 0. The molecule has 0 aromatic heterocycles. The molecule has 2 atom stereocenters. The molecule has 4 fully saturated rings. The van der Waals surface area contributed by atoms with E-state index in [1.807, 2.05) is 26.0 Å². The Labute approximate surface area is 197 Å². The van der Waals surface area contributed by atoms with Crippen LogP contribution in [-0.4, -0.2) is 56.8 Å². The van der Waals surface area contributed by atoms with Gasteiger partial charge in [-0.25, -0.2) is 4.79 Å². The van der Waals surface area contributed by atoms with Gasteiger partial charge < -0.3 is 23.7 Å². The van der Waals surface area contributed by atoms with E-state index in [1.54, 1.807) is 0 Å². The van der Waals surface area contributed by atoms with E-state index in [4.69, 9.17) is 23.7 Å². The fourth-order valence-electron chi connectivity index (χ4n) is 5.54. The lowest BCUT2D eigenvalue weighted by atomic mass is 9.72. The van der Waals surface area contributed by atoms with Crippen LogP contribution >= 0.6 is 0 Å². The Hall–Kier alpha value is -1.63. The lowest BCUT2D eigenvalue weighted by molar-refractivity contribution is -0.00859. The number of benzene rings is 1. The molecule has 2 saturated heterocycles. The summed E-state index contributed by atoms with van der Waals surface area (Å²) < 4.78 is 28.2. The molecule has 0 amide bonds. The Bertz CT molecular complexity index is 814. The highest BCUT2D eigenvalue weighted by Gasteiger charge is 2.33. The molecule has 4 aliphatic rings. The van der Waals surface area contributed by atoms with Crippen LogP contribution in [0.15, 0.2) is 12.1 Å². The minimum Gasteiger partial charge on any atom is -0.491 e. The highest BCUT2D eigenvalue weighted by Crippen LogP contribution is 2.40. The summed E-state index contributed by atoms with van der Waals surface area (Å²) in [6.45, 7) is 6.91. The number of aryl methyl sites for hydroxylation is 2. The van der Waals surface area contributed by atoms with Crippen LogP contribution in [0.25, 0.3) is 0 Å². The van der Waals surface area contributed by atoms with Crippen LogP contribution in [0.3, 0.4) is 0 Å². The fourth-order valence-corrected chi connectivity index (χ4v) is 5.54. The number of carbonyl (C=O) groups excluding carboxylic acids is 1. The largest absolute Gasteiger partial charge is 0.491 e. The van der Waals surface area contributed by atoms with Gasteiger partial charge in [0, 0.05) is 0 Å². The topological polar surface area (TPSA) is 69.8 Å². The van der Waals surface area contributed by atoms with Gasteiger partial charge in [0.15, 0.2) is 0 Å². The number of esters is 1. The smallest absolute Gasteiger partial charge is 0.338 e. The summed E-state index contributed by atoms with van der Waals surface area (Å²) in [6, 6.07) is 3.85. The molecule has 2 unspecified atom stereocenters.